The first-order valence-corrected chi connectivity index (χ1v) is 7.16. The Balaban J connectivity index is 2.12. The van der Waals surface area contributed by atoms with E-state index in [9.17, 15) is 4.79 Å². The zero-order valence-electron chi connectivity index (χ0n) is 9.95. The van der Waals surface area contributed by atoms with Crippen LogP contribution < -0.4 is 0 Å². The maximum absolute atomic E-state index is 11.7. The van der Waals surface area contributed by atoms with Crippen molar-refractivity contribution in [1.29, 1.82) is 0 Å². The first kappa shape index (κ1) is 13.3. The third-order valence-corrected chi connectivity index (χ3v) is 3.51. The molecule has 1 aromatic rings. The topological polar surface area (TPSA) is 17.1 Å². The van der Waals surface area contributed by atoms with E-state index >= 15 is 0 Å². The summed E-state index contributed by atoms with van der Waals surface area (Å²) in [6.07, 6.45) is 5.12. The van der Waals surface area contributed by atoms with Crippen LogP contribution in [-0.4, -0.2) is 17.3 Å². The molecule has 2 heteroatoms. The van der Waals surface area contributed by atoms with Gasteiger partial charge in [-0.2, -0.15) is 11.8 Å². The van der Waals surface area contributed by atoms with Gasteiger partial charge in [-0.05, 0) is 12.2 Å². The van der Waals surface area contributed by atoms with Crippen molar-refractivity contribution < 1.29 is 4.79 Å². The van der Waals surface area contributed by atoms with E-state index in [2.05, 4.69) is 6.92 Å². The molecule has 0 aliphatic carbocycles. The molecule has 0 N–H and O–H groups in total. The summed E-state index contributed by atoms with van der Waals surface area (Å²) in [6, 6.07) is 9.55. The molecule has 1 rings (SSSR count). The van der Waals surface area contributed by atoms with Gasteiger partial charge in [0.05, 0.1) is 5.75 Å². The van der Waals surface area contributed by atoms with Gasteiger partial charge in [-0.15, -0.1) is 0 Å². The Morgan fingerprint density at radius 1 is 1.12 bits per heavy atom. The molecule has 0 heterocycles. The second kappa shape index (κ2) is 8.40. The molecule has 0 radical (unpaired) electrons. The van der Waals surface area contributed by atoms with Gasteiger partial charge in [0.1, 0.15) is 0 Å². The summed E-state index contributed by atoms with van der Waals surface area (Å²) in [5, 5.41) is 0. The lowest BCUT2D eigenvalue weighted by molar-refractivity contribution is 0.102. The van der Waals surface area contributed by atoms with Crippen LogP contribution in [-0.2, 0) is 0 Å². The lowest BCUT2D eigenvalue weighted by atomic mass is 10.2. The Labute approximate surface area is 103 Å². The highest BCUT2D eigenvalue weighted by Gasteiger charge is 2.03. The predicted molar refractivity (Wildman–Crippen MR) is 72.2 cm³/mol. The van der Waals surface area contributed by atoms with Crippen molar-refractivity contribution in [3.05, 3.63) is 35.9 Å². The van der Waals surface area contributed by atoms with Gasteiger partial charge in [0, 0.05) is 5.56 Å². The number of ketones is 1. The van der Waals surface area contributed by atoms with E-state index in [4.69, 9.17) is 0 Å². The summed E-state index contributed by atoms with van der Waals surface area (Å²) in [6.45, 7) is 2.21. The molecule has 0 spiro atoms. The molecule has 0 fully saturated rings. The minimum Gasteiger partial charge on any atom is -0.293 e. The van der Waals surface area contributed by atoms with Crippen LogP contribution in [0.1, 0.15) is 43.0 Å². The number of carbonyl (C=O) groups excluding carboxylic acids is 1. The highest BCUT2D eigenvalue weighted by atomic mass is 32.2. The summed E-state index contributed by atoms with van der Waals surface area (Å²) in [5.41, 5.74) is 0.837. The number of benzene rings is 1. The van der Waals surface area contributed by atoms with Crippen molar-refractivity contribution >= 4 is 17.5 Å². The van der Waals surface area contributed by atoms with E-state index in [0.717, 1.165) is 11.3 Å². The van der Waals surface area contributed by atoms with Crippen LogP contribution in [0.15, 0.2) is 30.3 Å². The van der Waals surface area contributed by atoms with Crippen LogP contribution in [0.2, 0.25) is 0 Å². The van der Waals surface area contributed by atoms with Gasteiger partial charge in [0.15, 0.2) is 5.78 Å². The van der Waals surface area contributed by atoms with Gasteiger partial charge in [0.2, 0.25) is 0 Å². The molecule has 0 bridgehead atoms. The standard InChI is InChI=1S/C14H20OS/c1-2-3-4-8-11-16-12-14(15)13-9-6-5-7-10-13/h5-7,9-10H,2-4,8,11-12H2,1H3. The SMILES string of the molecule is CCCCCCSCC(=O)c1ccccc1. The van der Waals surface area contributed by atoms with E-state index in [1.807, 2.05) is 30.3 Å². The largest absolute Gasteiger partial charge is 0.293 e. The fourth-order valence-corrected chi connectivity index (χ4v) is 2.41. The third kappa shape index (κ3) is 5.36. The zero-order chi connectivity index (χ0) is 11.6. The number of thioether (sulfide) groups is 1. The van der Waals surface area contributed by atoms with Crippen molar-refractivity contribution in [2.45, 2.75) is 32.6 Å². The van der Waals surface area contributed by atoms with E-state index in [1.54, 1.807) is 11.8 Å². The molecule has 0 saturated heterocycles. The van der Waals surface area contributed by atoms with Crippen LogP contribution in [0.5, 0.6) is 0 Å². The lowest BCUT2D eigenvalue weighted by Gasteiger charge is -2.01. The van der Waals surface area contributed by atoms with Crippen molar-refractivity contribution in [3.8, 4) is 0 Å². The smallest absolute Gasteiger partial charge is 0.172 e. The lowest BCUT2D eigenvalue weighted by Crippen LogP contribution is -2.02. The molecule has 0 aliphatic rings. The Hall–Kier alpha value is -0.760. The van der Waals surface area contributed by atoms with E-state index in [0.29, 0.717) is 5.75 Å². The van der Waals surface area contributed by atoms with Crippen LogP contribution in [0.4, 0.5) is 0 Å². The molecule has 0 unspecified atom stereocenters. The van der Waals surface area contributed by atoms with Crippen molar-refractivity contribution in [3.63, 3.8) is 0 Å². The molecule has 1 aromatic carbocycles. The molecule has 1 nitrogen and oxygen atoms in total. The summed E-state index contributed by atoms with van der Waals surface area (Å²) >= 11 is 1.76. The highest BCUT2D eigenvalue weighted by molar-refractivity contribution is 7.99. The monoisotopic (exact) mass is 236 g/mol. The summed E-state index contributed by atoms with van der Waals surface area (Å²) in [5.74, 6) is 1.98. The number of hydrogen-bond acceptors (Lipinski definition) is 2. The minimum absolute atomic E-state index is 0.251. The molecule has 88 valence electrons. The van der Waals surface area contributed by atoms with E-state index < -0.39 is 0 Å². The van der Waals surface area contributed by atoms with Crippen LogP contribution in [0.3, 0.4) is 0 Å². The number of rotatable bonds is 8. The number of Topliss-reactive ketones (excluding diaryl/α,β-unsaturated/α-hetero) is 1. The number of unbranched alkanes of at least 4 members (excludes halogenated alkanes) is 3. The van der Waals surface area contributed by atoms with Crippen molar-refractivity contribution in [2.75, 3.05) is 11.5 Å². The summed E-state index contributed by atoms with van der Waals surface area (Å²) in [4.78, 5) is 11.7. The Kier molecular flexibility index (Phi) is 6.98. The Bertz CT molecular complexity index is 295. The fourth-order valence-electron chi connectivity index (χ4n) is 1.50. The molecular weight excluding hydrogens is 216 g/mol. The van der Waals surface area contributed by atoms with Crippen LogP contribution >= 0.6 is 11.8 Å². The minimum atomic E-state index is 0.251. The summed E-state index contributed by atoms with van der Waals surface area (Å²) < 4.78 is 0. The van der Waals surface area contributed by atoms with Crippen LogP contribution in [0, 0.1) is 0 Å². The molecule has 16 heavy (non-hydrogen) atoms. The summed E-state index contributed by atoms with van der Waals surface area (Å²) in [7, 11) is 0. The van der Waals surface area contributed by atoms with E-state index in [1.165, 1.54) is 25.7 Å². The molecule has 0 saturated carbocycles. The third-order valence-electron chi connectivity index (χ3n) is 2.47. The fraction of sp³-hybridized carbons (Fsp3) is 0.500. The van der Waals surface area contributed by atoms with Gasteiger partial charge in [0.25, 0.3) is 0 Å². The zero-order valence-corrected chi connectivity index (χ0v) is 10.8. The van der Waals surface area contributed by atoms with Gasteiger partial charge < -0.3 is 0 Å². The average Bonchev–Trinajstić information content (AvgIpc) is 2.34. The van der Waals surface area contributed by atoms with Crippen LogP contribution in [0.25, 0.3) is 0 Å². The van der Waals surface area contributed by atoms with Gasteiger partial charge in [-0.25, -0.2) is 0 Å². The molecule has 0 aromatic heterocycles. The number of carbonyl (C=O) groups is 1. The first-order chi connectivity index (χ1) is 7.84. The number of hydrogen-bond donors (Lipinski definition) is 0. The van der Waals surface area contributed by atoms with Gasteiger partial charge in [-0.1, -0.05) is 56.5 Å². The maximum Gasteiger partial charge on any atom is 0.172 e. The Morgan fingerprint density at radius 2 is 1.88 bits per heavy atom. The van der Waals surface area contributed by atoms with E-state index in [-0.39, 0.29) is 5.78 Å². The maximum atomic E-state index is 11.7. The van der Waals surface area contributed by atoms with Gasteiger partial charge in [-0.3, -0.25) is 4.79 Å². The first-order valence-electron chi connectivity index (χ1n) is 6.00. The molecule has 0 atom stereocenters. The molecule has 0 amide bonds. The second-order valence-electron chi connectivity index (χ2n) is 3.90. The highest BCUT2D eigenvalue weighted by Crippen LogP contribution is 2.10. The Morgan fingerprint density at radius 3 is 2.56 bits per heavy atom. The van der Waals surface area contributed by atoms with Crippen molar-refractivity contribution in [1.82, 2.24) is 0 Å². The normalized spacial score (nSPS) is 10.3. The second-order valence-corrected chi connectivity index (χ2v) is 5.01. The quantitative estimate of drug-likeness (QED) is 0.497. The molecule has 0 aliphatic heterocycles. The average molecular weight is 236 g/mol. The molecular formula is C14H20OS. The van der Waals surface area contributed by atoms with Gasteiger partial charge >= 0.3 is 0 Å². The van der Waals surface area contributed by atoms with Crippen molar-refractivity contribution in [2.24, 2.45) is 0 Å². The predicted octanol–water partition coefficient (Wildman–Crippen LogP) is 4.18.